The summed E-state index contributed by atoms with van der Waals surface area (Å²) in [5.41, 5.74) is 4.58. The molecule has 1 atom stereocenters. The van der Waals surface area contributed by atoms with Crippen LogP contribution in [0.3, 0.4) is 0 Å². The highest BCUT2D eigenvalue weighted by molar-refractivity contribution is 6.30. The molecule has 2 aliphatic rings. The van der Waals surface area contributed by atoms with Crippen LogP contribution in [-0.2, 0) is 29.2 Å². The molecule has 1 N–H and O–H groups in total. The van der Waals surface area contributed by atoms with Crippen molar-refractivity contribution < 1.29 is 14.3 Å². The van der Waals surface area contributed by atoms with Crippen molar-refractivity contribution in [3.63, 3.8) is 0 Å². The summed E-state index contributed by atoms with van der Waals surface area (Å²) in [6, 6.07) is 15.8. The molecule has 1 fully saturated rings. The van der Waals surface area contributed by atoms with Crippen LogP contribution >= 0.6 is 11.6 Å². The number of likely N-dealkylation sites (tertiary alicyclic amines) is 1. The third kappa shape index (κ3) is 5.26. The molecule has 0 radical (unpaired) electrons. The highest BCUT2D eigenvalue weighted by atomic mass is 35.5. The Morgan fingerprint density at radius 1 is 1.09 bits per heavy atom. The van der Waals surface area contributed by atoms with Crippen molar-refractivity contribution in [3.8, 4) is 0 Å². The Morgan fingerprint density at radius 3 is 2.51 bits per heavy atom. The van der Waals surface area contributed by atoms with E-state index in [0.717, 1.165) is 16.8 Å². The number of nitrogens with one attached hydrogen (secondary N) is 1. The van der Waals surface area contributed by atoms with Crippen molar-refractivity contribution in [1.29, 1.82) is 0 Å². The van der Waals surface area contributed by atoms with Gasteiger partial charge in [0.1, 0.15) is 6.10 Å². The van der Waals surface area contributed by atoms with Crippen LogP contribution in [0.25, 0.3) is 0 Å². The highest BCUT2D eigenvalue weighted by Crippen LogP contribution is 2.29. The molecule has 5 rings (SSSR count). The molecule has 1 saturated heterocycles. The molecule has 3 aromatic rings. The molecule has 1 aromatic heterocycles. The van der Waals surface area contributed by atoms with Crippen LogP contribution in [-0.4, -0.2) is 39.4 Å². The monoisotopic (exact) mass is 492 g/mol. The smallest absolute Gasteiger partial charge is 0.274 e. The standard InChI is InChI=1S/C27H29ClN4O3/c1-18-2-4-19(5-3-18)14-29-26(33)21-10-12-31(13-11-21)27(34)25-23-16-35-24(15-32(23)17-30-25)20-6-8-22(28)9-7-20/h2-9,17,21,24H,10-16H2,1H3,(H,29,33)/t24-/m1/s1. The Hall–Kier alpha value is -3.16. The van der Waals surface area contributed by atoms with Crippen LogP contribution in [0.5, 0.6) is 0 Å². The Balaban J connectivity index is 1.15. The predicted octanol–water partition coefficient (Wildman–Crippen LogP) is 4.29. The SMILES string of the molecule is Cc1ccc(CNC(=O)C2CCN(C(=O)c3ncn4c3CO[C@@H](c3ccc(Cl)cc3)C4)CC2)cc1. The van der Waals surface area contributed by atoms with Crippen LogP contribution in [0.2, 0.25) is 5.02 Å². The summed E-state index contributed by atoms with van der Waals surface area (Å²) in [6.45, 7) is 4.58. The van der Waals surface area contributed by atoms with Crippen LogP contribution in [0.4, 0.5) is 0 Å². The highest BCUT2D eigenvalue weighted by Gasteiger charge is 2.32. The molecule has 8 heteroatoms. The van der Waals surface area contributed by atoms with Crippen molar-refractivity contribution in [2.24, 2.45) is 5.92 Å². The lowest BCUT2D eigenvalue weighted by molar-refractivity contribution is -0.126. The molecule has 0 unspecified atom stereocenters. The molecular weight excluding hydrogens is 464 g/mol. The molecule has 182 valence electrons. The molecule has 7 nitrogen and oxygen atoms in total. The minimum absolute atomic E-state index is 0.0543. The summed E-state index contributed by atoms with van der Waals surface area (Å²) < 4.78 is 8.06. The first kappa shape index (κ1) is 23.6. The van der Waals surface area contributed by atoms with Gasteiger partial charge in [0.15, 0.2) is 5.69 Å². The number of hydrogen-bond donors (Lipinski definition) is 1. The normalized spacial score (nSPS) is 18.2. The quantitative estimate of drug-likeness (QED) is 0.576. The number of amides is 2. The van der Waals surface area contributed by atoms with Gasteiger partial charge in [0.2, 0.25) is 5.91 Å². The summed E-state index contributed by atoms with van der Waals surface area (Å²) >= 11 is 6.00. The van der Waals surface area contributed by atoms with E-state index in [0.29, 0.717) is 56.3 Å². The van der Waals surface area contributed by atoms with E-state index in [2.05, 4.69) is 10.3 Å². The molecule has 2 amide bonds. The number of carbonyl (C=O) groups excluding carboxylic acids is 2. The van der Waals surface area contributed by atoms with Gasteiger partial charge >= 0.3 is 0 Å². The van der Waals surface area contributed by atoms with Gasteiger partial charge in [-0.3, -0.25) is 9.59 Å². The molecule has 0 aliphatic carbocycles. The Labute approximate surface area is 210 Å². The zero-order chi connectivity index (χ0) is 24.4. The van der Waals surface area contributed by atoms with Crippen molar-refractivity contribution in [1.82, 2.24) is 19.8 Å². The molecule has 0 saturated carbocycles. The fourth-order valence-electron chi connectivity index (χ4n) is 4.72. The van der Waals surface area contributed by atoms with Crippen LogP contribution in [0.15, 0.2) is 54.9 Å². The maximum atomic E-state index is 13.2. The lowest BCUT2D eigenvalue weighted by Crippen LogP contribution is -2.43. The number of ether oxygens (including phenoxy) is 1. The van der Waals surface area contributed by atoms with Crippen LogP contribution < -0.4 is 5.32 Å². The Morgan fingerprint density at radius 2 is 1.80 bits per heavy atom. The first-order chi connectivity index (χ1) is 17.0. The second kappa shape index (κ2) is 10.2. The number of carbonyl (C=O) groups is 2. The lowest BCUT2D eigenvalue weighted by Gasteiger charge is -2.31. The third-order valence-corrected chi connectivity index (χ3v) is 7.17. The van der Waals surface area contributed by atoms with E-state index in [1.807, 2.05) is 60.0 Å². The number of imidazole rings is 1. The Kier molecular flexibility index (Phi) is 6.88. The molecule has 0 spiro atoms. The van der Waals surface area contributed by atoms with Gasteiger partial charge in [-0.1, -0.05) is 53.6 Å². The number of aromatic nitrogens is 2. The van der Waals surface area contributed by atoms with Gasteiger partial charge in [-0.15, -0.1) is 0 Å². The summed E-state index contributed by atoms with van der Waals surface area (Å²) in [4.78, 5) is 32.1. The minimum Gasteiger partial charge on any atom is -0.365 e. The van der Waals surface area contributed by atoms with Gasteiger partial charge in [0, 0.05) is 30.6 Å². The number of benzene rings is 2. The number of aryl methyl sites for hydroxylation is 1. The second-order valence-corrected chi connectivity index (χ2v) is 9.75. The Bertz CT molecular complexity index is 1200. The van der Waals surface area contributed by atoms with Gasteiger partial charge < -0.3 is 19.5 Å². The topological polar surface area (TPSA) is 76.5 Å². The first-order valence-electron chi connectivity index (χ1n) is 12.0. The van der Waals surface area contributed by atoms with E-state index in [-0.39, 0.29) is 23.8 Å². The maximum absolute atomic E-state index is 13.2. The van der Waals surface area contributed by atoms with Crippen LogP contribution in [0, 0.1) is 12.8 Å². The van der Waals surface area contributed by atoms with Gasteiger partial charge in [-0.05, 0) is 43.0 Å². The van der Waals surface area contributed by atoms with Gasteiger partial charge in [0.25, 0.3) is 5.91 Å². The second-order valence-electron chi connectivity index (χ2n) is 9.31. The number of hydrogen-bond acceptors (Lipinski definition) is 4. The van der Waals surface area contributed by atoms with E-state index < -0.39 is 0 Å². The number of rotatable bonds is 5. The first-order valence-corrected chi connectivity index (χ1v) is 12.4. The van der Waals surface area contributed by atoms with E-state index >= 15 is 0 Å². The molecular formula is C27H29ClN4O3. The largest absolute Gasteiger partial charge is 0.365 e. The zero-order valence-corrected chi connectivity index (χ0v) is 20.5. The van der Waals surface area contributed by atoms with E-state index in [9.17, 15) is 9.59 Å². The molecule has 2 aromatic carbocycles. The number of fused-ring (bicyclic) bond motifs is 1. The van der Waals surface area contributed by atoms with Crippen LogP contribution in [0.1, 0.15) is 51.8 Å². The number of piperidine rings is 1. The third-order valence-electron chi connectivity index (χ3n) is 6.91. The van der Waals surface area contributed by atoms with Crippen molar-refractivity contribution in [2.45, 2.75) is 45.6 Å². The average Bonchev–Trinajstić information content (AvgIpc) is 3.31. The van der Waals surface area contributed by atoms with Gasteiger partial charge in [0.05, 0.1) is 25.2 Å². The van der Waals surface area contributed by atoms with E-state index in [4.69, 9.17) is 16.3 Å². The van der Waals surface area contributed by atoms with Gasteiger partial charge in [-0.2, -0.15) is 0 Å². The van der Waals surface area contributed by atoms with E-state index in [1.54, 1.807) is 11.2 Å². The summed E-state index contributed by atoms with van der Waals surface area (Å²) in [6.07, 6.45) is 2.91. The minimum atomic E-state index is -0.105. The maximum Gasteiger partial charge on any atom is 0.274 e. The molecule has 2 aliphatic heterocycles. The fourth-order valence-corrected chi connectivity index (χ4v) is 4.84. The van der Waals surface area contributed by atoms with Crippen molar-refractivity contribution in [3.05, 3.63) is 88.0 Å². The van der Waals surface area contributed by atoms with Crippen molar-refractivity contribution >= 4 is 23.4 Å². The van der Waals surface area contributed by atoms with Gasteiger partial charge in [-0.25, -0.2) is 4.98 Å². The zero-order valence-electron chi connectivity index (χ0n) is 19.7. The fraction of sp³-hybridized carbons (Fsp3) is 0.370. The summed E-state index contributed by atoms with van der Waals surface area (Å²) in [5, 5.41) is 3.73. The lowest BCUT2D eigenvalue weighted by atomic mass is 9.95. The molecule has 35 heavy (non-hydrogen) atoms. The number of nitrogens with zero attached hydrogens (tertiary/aromatic N) is 3. The predicted molar refractivity (Wildman–Crippen MR) is 133 cm³/mol. The number of halogens is 1. The average molecular weight is 493 g/mol. The molecule has 0 bridgehead atoms. The van der Waals surface area contributed by atoms with Crippen molar-refractivity contribution in [2.75, 3.05) is 13.1 Å². The summed E-state index contributed by atoms with van der Waals surface area (Å²) in [5.74, 6) is -0.117. The summed E-state index contributed by atoms with van der Waals surface area (Å²) in [7, 11) is 0. The van der Waals surface area contributed by atoms with E-state index in [1.165, 1.54) is 5.56 Å². The molecule has 3 heterocycles.